The van der Waals surface area contributed by atoms with Crippen molar-refractivity contribution in [2.45, 2.75) is 117 Å². The topological polar surface area (TPSA) is 113 Å². The molecule has 2 N–H and O–H groups in total. The Morgan fingerprint density at radius 1 is 0.920 bits per heavy atom. The van der Waals surface area contributed by atoms with E-state index in [2.05, 4.69) is 65.9 Å². The van der Waals surface area contributed by atoms with Crippen molar-refractivity contribution in [3.8, 4) is 11.1 Å². The minimum atomic E-state index is -0.547. The number of hydrogen-bond donors (Lipinski definition) is 2. The smallest absolute Gasteiger partial charge is 0.410 e. The third kappa shape index (κ3) is 8.20. The number of aromatic nitrogens is 4. The Morgan fingerprint density at radius 2 is 1.64 bits per heavy atom. The van der Waals surface area contributed by atoms with E-state index in [9.17, 15) is 9.59 Å². The van der Waals surface area contributed by atoms with Crippen molar-refractivity contribution in [3.05, 3.63) is 72.3 Å². The number of amides is 1. The van der Waals surface area contributed by atoms with Crippen molar-refractivity contribution in [1.82, 2.24) is 24.8 Å². The van der Waals surface area contributed by atoms with Crippen LogP contribution >= 0.6 is 0 Å². The standard InChI is InChI=1S/C41H51N5O4/c1-25(22-35(47)49-40(3,4)5)12-11-13-26(2)37-43-32-20-17-29-23-27(15-18-30(29)36(32)45-37)28-16-19-31-33(24-28)44-38(42-31)34-14-9-10-21-46(34)39(48)50-41(6,7)8/h15-20,23-24,26,34H,1,9-14,21-22H2,2-8H3,(H,42,44)(H,43,45)/t26-,34-/m0/s1. The molecule has 9 nitrogen and oxygen atoms in total. The largest absolute Gasteiger partial charge is 0.460 e. The Hall–Kier alpha value is -4.66. The molecule has 5 aromatic rings. The molecule has 1 amide bonds. The van der Waals surface area contributed by atoms with E-state index in [0.717, 1.165) is 99.7 Å². The van der Waals surface area contributed by atoms with Gasteiger partial charge in [0.25, 0.3) is 0 Å². The van der Waals surface area contributed by atoms with E-state index in [-0.39, 0.29) is 30.4 Å². The number of likely N-dealkylation sites (tertiary alicyclic amines) is 1. The highest BCUT2D eigenvalue weighted by atomic mass is 16.6. The maximum absolute atomic E-state index is 13.0. The lowest BCUT2D eigenvalue weighted by atomic mass is 10.00. The van der Waals surface area contributed by atoms with Crippen LogP contribution in [0.2, 0.25) is 0 Å². The molecule has 3 aromatic carbocycles. The Labute approximate surface area is 294 Å². The molecule has 50 heavy (non-hydrogen) atoms. The van der Waals surface area contributed by atoms with E-state index < -0.39 is 11.2 Å². The molecule has 0 saturated carbocycles. The summed E-state index contributed by atoms with van der Waals surface area (Å²) in [5, 5.41) is 2.27. The second-order valence-corrected chi connectivity index (χ2v) is 15.9. The number of benzene rings is 3. The predicted octanol–water partition coefficient (Wildman–Crippen LogP) is 10.3. The maximum atomic E-state index is 13.0. The number of piperidine rings is 1. The van der Waals surface area contributed by atoms with Crippen LogP contribution < -0.4 is 0 Å². The summed E-state index contributed by atoms with van der Waals surface area (Å²) in [5.41, 5.74) is 5.90. The van der Waals surface area contributed by atoms with E-state index in [1.807, 2.05) is 52.5 Å². The predicted molar refractivity (Wildman–Crippen MR) is 200 cm³/mol. The number of nitrogens with one attached hydrogen (secondary N) is 2. The monoisotopic (exact) mass is 677 g/mol. The van der Waals surface area contributed by atoms with Crippen molar-refractivity contribution >= 4 is 44.9 Å². The van der Waals surface area contributed by atoms with Crippen molar-refractivity contribution in [2.24, 2.45) is 0 Å². The summed E-state index contributed by atoms with van der Waals surface area (Å²) in [6, 6.07) is 16.9. The third-order valence-corrected chi connectivity index (χ3v) is 9.22. The lowest BCUT2D eigenvalue weighted by Gasteiger charge is -2.35. The molecule has 3 heterocycles. The van der Waals surface area contributed by atoms with Crippen LogP contribution in [0.1, 0.15) is 117 Å². The van der Waals surface area contributed by atoms with E-state index in [0.29, 0.717) is 6.54 Å². The number of nitrogens with zero attached hydrogens (tertiary/aromatic N) is 3. The molecule has 1 aliphatic heterocycles. The van der Waals surface area contributed by atoms with Crippen LogP contribution in [0.15, 0.2) is 60.7 Å². The number of ether oxygens (including phenoxy) is 2. The molecule has 6 rings (SSSR count). The molecule has 0 spiro atoms. The van der Waals surface area contributed by atoms with Crippen molar-refractivity contribution in [1.29, 1.82) is 0 Å². The van der Waals surface area contributed by atoms with Gasteiger partial charge in [0.1, 0.15) is 22.9 Å². The molecule has 2 atom stereocenters. The number of hydrogen-bond acceptors (Lipinski definition) is 6. The van der Waals surface area contributed by atoms with Gasteiger partial charge in [0.15, 0.2) is 0 Å². The molecule has 1 aliphatic rings. The quantitative estimate of drug-likeness (QED) is 0.119. The third-order valence-electron chi connectivity index (χ3n) is 9.22. The first-order valence-electron chi connectivity index (χ1n) is 17.9. The van der Waals surface area contributed by atoms with Crippen molar-refractivity contribution in [3.63, 3.8) is 0 Å². The first kappa shape index (κ1) is 35.2. The van der Waals surface area contributed by atoms with E-state index in [1.54, 1.807) is 0 Å². The number of aromatic amines is 2. The number of esters is 1. The summed E-state index contributed by atoms with van der Waals surface area (Å²) in [4.78, 5) is 44.0. The molecule has 0 bridgehead atoms. The summed E-state index contributed by atoms with van der Waals surface area (Å²) >= 11 is 0. The molecular formula is C41H51N5O4. The van der Waals surface area contributed by atoms with Crippen LogP contribution in [0.3, 0.4) is 0 Å². The number of H-pyrrole nitrogens is 2. The molecule has 0 aliphatic carbocycles. The van der Waals surface area contributed by atoms with Crippen LogP contribution in [-0.4, -0.2) is 54.6 Å². The Kier molecular flexibility index (Phi) is 9.80. The Bertz CT molecular complexity index is 2040. The Balaban J connectivity index is 1.15. The molecule has 0 unspecified atom stereocenters. The van der Waals surface area contributed by atoms with Crippen LogP contribution in [0.25, 0.3) is 44.0 Å². The fourth-order valence-corrected chi connectivity index (χ4v) is 6.83. The normalized spacial score (nSPS) is 16.2. The number of imidazole rings is 2. The highest BCUT2D eigenvalue weighted by molar-refractivity contribution is 6.05. The van der Waals surface area contributed by atoms with Gasteiger partial charge in [-0.05, 0) is 121 Å². The lowest BCUT2D eigenvalue weighted by molar-refractivity contribution is -0.153. The van der Waals surface area contributed by atoms with E-state index in [1.165, 1.54) is 0 Å². The number of fused-ring (bicyclic) bond motifs is 4. The summed E-state index contributed by atoms with van der Waals surface area (Å²) in [5.74, 6) is 1.79. The van der Waals surface area contributed by atoms with E-state index in [4.69, 9.17) is 19.4 Å². The van der Waals surface area contributed by atoms with Crippen molar-refractivity contribution < 1.29 is 19.1 Å². The van der Waals surface area contributed by atoms with Gasteiger partial charge < -0.3 is 19.4 Å². The van der Waals surface area contributed by atoms with Gasteiger partial charge in [-0.3, -0.25) is 9.69 Å². The molecule has 264 valence electrons. The fourth-order valence-electron chi connectivity index (χ4n) is 6.83. The van der Waals surface area contributed by atoms with Gasteiger partial charge in [0, 0.05) is 17.8 Å². The van der Waals surface area contributed by atoms with Gasteiger partial charge in [0.05, 0.1) is 34.5 Å². The summed E-state index contributed by atoms with van der Waals surface area (Å²) in [7, 11) is 0. The SMILES string of the molecule is C=C(CCC[C@H](C)c1nc2ccc3cc(-c4ccc5nc([C@@H]6CCCCN6C(=O)OC(C)(C)C)[nH]c5c4)ccc3c2[nH]1)CC(=O)OC(C)(C)C. The van der Waals surface area contributed by atoms with Gasteiger partial charge in [-0.15, -0.1) is 0 Å². The Morgan fingerprint density at radius 3 is 2.40 bits per heavy atom. The fraction of sp³-hybridized carbons (Fsp3) is 0.463. The molecule has 1 fully saturated rings. The van der Waals surface area contributed by atoms with Gasteiger partial charge in [-0.1, -0.05) is 43.3 Å². The van der Waals surface area contributed by atoms with Crippen molar-refractivity contribution in [2.75, 3.05) is 6.54 Å². The average Bonchev–Trinajstić information content (AvgIpc) is 3.67. The maximum Gasteiger partial charge on any atom is 0.410 e. The second-order valence-electron chi connectivity index (χ2n) is 15.9. The zero-order valence-corrected chi connectivity index (χ0v) is 30.6. The van der Waals surface area contributed by atoms with Crippen LogP contribution in [0, 0.1) is 0 Å². The van der Waals surface area contributed by atoms with Gasteiger partial charge in [-0.2, -0.15) is 0 Å². The number of rotatable bonds is 9. The highest BCUT2D eigenvalue weighted by Gasteiger charge is 2.33. The van der Waals surface area contributed by atoms with Crippen LogP contribution in [0.4, 0.5) is 4.79 Å². The first-order chi connectivity index (χ1) is 23.6. The molecule has 9 heteroatoms. The summed E-state index contributed by atoms with van der Waals surface area (Å²) < 4.78 is 11.2. The first-order valence-corrected chi connectivity index (χ1v) is 17.9. The van der Waals surface area contributed by atoms with E-state index >= 15 is 0 Å². The summed E-state index contributed by atoms with van der Waals surface area (Å²) in [6.07, 6.45) is 5.48. The highest BCUT2D eigenvalue weighted by Crippen LogP contribution is 2.35. The number of carbonyl (C=O) groups excluding carboxylic acids is 2. The lowest BCUT2D eigenvalue weighted by Crippen LogP contribution is -2.42. The molecule has 1 saturated heterocycles. The zero-order chi connectivity index (χ0) is 35.8. The van der Waals surface area contributed by atoms with Gasteiger partial charge in [0.2, 0.25) is 0 Å². The molecule has 2 aromatic heterocycles. The summed E-state index contributed by atoms with van der Waals surface area (Å²) in [6.45, 7) is 18.3. The van der Waals surface area contributed by atoms with Gasteiger partial charge in [-0.25, -0.2) is 14.8 Å². The van der Waals surface area contributed by atoms with Crippen LogP contribution in [-0.2, 0) is 14.3 Å². The number of carbonyl (C=O) groups is 2. The zero-order valence-electron chi connectivity index (χ0n) is 30.6. The van der Waals surface area contributed by atoms with Gasteiger partial charge >= 0.3 is 12.1 Å². The minimum absolute atomic E-state index is 0.136. The molecule has 0 radical (unpaired) electrons. The average molecular weight is 678 g/mol. The van der Waals surface area contributed by atoms with Crippen LogP contribution in [0.5, 0.6) is 0 Å². The molecular weight excluding hydrogens is 626 g/mol. The minimum Gasteiger partial charge on any atom is -0.460 e. The second kappa shape index (κ2) is 13.9.